The SMILES string of the molecule is C[C@H]1[C@@H](NC(=O)NC(=O)COc2ccccc2C(N)=O)CCC[C@@H]1C. The molecule has 1 aromatic rings. The van der Waals surface area contributed by atoms with Gasteiger partial charge in [0.05, 0.1) is 5.56 Å². The van der Waals surface area contributed by atoms with Crippen molar-refractivity contribution in [3.8, 4) is 5.75 Å². The Kier molecular flexibility index (Phi) is 6.38. The van der Waals surface area contributed by atoms with E-state index in [1.165, 1.54) is 6.07 Å². The number of hydrogen-bond acceptors (Lipinski definition) is 4. The lowest BCUT2D eigenvalue weighted by Crippen LogP contribution is -2.50. The van der Waals surface area contributed by atoms with Gasteiger partial charge in [0.1, 0.15) is 5.75 Å². The lowest BCUT2D eigenvalue weighted by Gasteiger charge is -2.34. The Morgan fingerprint density at radius 3 is 2.64 bits per heavy atom. The molecular weight excluding hydrogens is 322 g/mol. The standard InChI is InChI=1S/C18H25N3O4/c1-11-6-5-8-14(12(11)2)20-18(24)21-16(22)10-25-15-9-4-3-7-13(15)17(19)23/h3-4,7,9,11-12,14H,5-6,8,10H2,1-2H3,(H2,19,23)(H2,20,21,22,24)/t11-,12+,14-/m0/s1. The Morgan fingerprint density at radius 1 is 1.20 bits per heavy atom. The lowest BCUT2D eigenvalue weighted by molar-refractivity contribution is -0.122. The molecule has 3 atom stereocenters. The number of imide groups is 1. The molecular formula is C18H25N3O4. The van der Waals surface area contributed by atoms with E-state index < -0.39 is 17.8 Å². The van der Waals surface area contributed by atoms with Gasteiger partial charge in [0.15, 0.2) is 6.61 Å². The van der Waals surface area contributed by atoms with Gasteiger partial charge < -0.3 is 15.8 Å². The highest BCUT2D eigenvalue weighted by Gasteiger charge is 2.28. The summed E-state index contributed by atoms with van der Waals surface area (Å²) in [4.78, 5) is 35.2. The average molecular weight is 347 g/mol. The monoisotopic (exact) mass is 347 g/mol. The number of benzene rings is 1. The van der Waals surface area contributed by atoms with Crippen LogP contribution in [-0.4, -0.2) is 30.5 Å². The number of rotatable bonds is 5. The second kappa shape index (κ2) is 8.50. The molecule has 7 heteroatoms. The zero-order valence-corrected chi connectivity index (χ0v) is 14.6. The van der Waals surface area contributed by atoms with Crippen LogP contribution in [0, 0.1) is 11.8 Å². The summed E-state index contributed by atoms with van der Waals surface area (Å²) in [5.74, 6) is -0.112. The van der Waals surface area contributed by atoms with Gasteiger partial charge >= 0.3 is 6.03 Å². The Hall–Kier alpha value is -2.57. The summed E-state index contributed by atoms with van der Waals surface area (Å²) in [6, 6.07) is 5.90. The van der Waals surface area contributed by atoms with E-state index in [0.29, 0.717) is 11.8 Å². The third kappa shape index (κ3) is 5.20. The van der Waals surface area contributed by atoms with Gasteiger partial charge in [-0.15, -0.1) is 0 Å². The molecule has 1 aromatic carbocycles. The lowest BCUT2D eigenvalue weighted by atomic mass is 9.78. The van der Waals surface area contributed by atoms with Gasteiger partial charge in [-0.1, -0.05) is 38.8 Å². The fourth-order valence-electron chi connectivity index (χ4n) is 3.09. The zero-order valence-electron chi connectivity index (χ0n) is 14.6. The molecule has 0 aliphatic heterocycles. The van der Waals surface area contributed by atoms with Crippen molar-refractivity contribution in [3.05, 3.63) is 29.8 Å². The highest BCUT2D eigenvalue weighted by molar-refractivity contribution is 5.96. The molecule has 2 rings (SSSR count). The van der Waals surface area contributed by atoms with Crippen LogP contribution in [0.15, 0.2) is 24.3 Å². The van der Waals surface area contributed by atoms with Crippen molar-refractivity contribution in [1.82, 2.24) is 10.6 Å². The minimum Gasteiger partial charge on any atom is -0.483 e. The van der Waals surface area contributed by atoms with E-state index in [1.54, 1.807) is 18.2 Å². The van der Waals surface area contributed by atoms with Crippen LogP contribution in [0.2, 0.25) is 0 Å². The van der Waals surface area contributed by atoms with Crippen LogP contribution < -0.4 is 21.1 Å². The fraction of sp³-hybridized carbons (Fsp3) is 0.500. The molecule has 0 aromatic heterocycles. The van der Waals surface area contributed by atoms with Gasteiger partial charge in [-0.2, -0.15) is 0 Å². The quantitative estimate of drug-likeness (QED) is 0.754. The van der Waals surface area contributed by atoms with Gasteiger partial charge in [0.2, 0.25) is 0 Å². The van der Waals surface area contributed by atoms with Crippen LogP contribution in [0.1, 0.15) is 43.5 Å². The Bertz CT molecular complexity index is 647. The van der Waals surface area contributed by atoms with Crippen LogP contribution in [0.4, 0.5) is 4.79 Å². The van der Waals surface area contributed by atoms with Gasteiger partial charge in [0.25, 0.3) is 11.8 Å². The van der Waals surface area contributed by atoms with Crippen molar-refractivity contribution in [2.24, 2.45) is 17.6 Å². The van der Waals surface area contributed by atoms with Gasteiger partial charge in [0, 0.05) is 6.04 Å². The highest BCUT2D eigenvalue weighted by atomic mass is 16.5. The van der Waals surface area contributed by atoms with Gasteiger partial charge in [-0.05, 0) is 30.4 Å². The van der Waals surface area contributed by atoms with E-state index in [2.05, 4.69) is 24.5 Å². The number of carbonyl (C=O) groups excluding carboxylic acids is 3. The number of hydrogen-bond donors (Lipinski definition) is 3. The van der Waals surface area contributed by atoms with Crippen LogP contribution in [0.25, 0.3) is 0 Å². The van der Waals surface area contributed by atoms with Gasteiger partial charge in [-0.3, -0.25) is 14.9 Å². The molecule has 0 spiro atoms. The fourth-order valence-corrected chi connectivity index (χ4v) is 3.09. The smallest absolute Gasteiger partial charge is 0.321 e. The summed E-state index contributed by atoms with van der Waals surface area (Å²) >= 11 is 0. The van der Waals surface area contributed by atoms with Crippen LogP contribution in [-0.2, 0) is 4.79 Å². The third-order valence-electron chi connectivity index (χ3n) is 4.79. The summed E-state index contributed by atoms with van der Waals surface area (Å²) in [5.41, 5.74) is 5.43. The first kappa shape index (κ1) is 18.8. The molecule has 4 N–H and O–H groups in total. The summed E-state index contributed by atoms with van der Waals surface area (Å²) in [6.45, 7) is 3.90. The van der Waals surface area contributed by atoms with Crippen molar-refractivity contribution < 1.29 is 19.1 Å². The number of carbonyl (C=O) groups is 3. The molecule has 1 aliphatic rings. The van der Waals surface area contributed by atoms with Gasteiger partial charge in [-0.25, -0.2) is 4.79 Å². The topological polar surface area (TPSA) is 111 Å². The minimum absolute atomic E-state index is 0.0630. The summed E-state index contributed by atoms with van der Waals surface area (Å²) in [7, 11) is 0. The van der Waals surface area contributed by atoms with Crippen molar-refractivity contribution in [3.63, 3.8) is 0 Å². The molecule has 0 radical (unpaired) electrons. The van der Waals surface area contributed by atoms with E-state index in [1.807, 2.05) is 0 Å². The maximum absolute atomic E-state index is 12.0. The molecule has 1 saturated carbocycles. The predicted octanol–water partition coefficient (Wildman–Crippen LogP) is 1.81. The van der Waals surface area contributed by atoms with Crippen LogP contribution in [0.5, 0.6) is 5.75 Å². The van der Waals surface area contributed by atoms with Crippen LogP contribution in [0.3, 0.4) is 0 Å². The van der Waals surface area contributed by atoms with E-state index in [9.17, 15) is 14.4 Å². The second-order valence-electron chi connectivity index (χ2n) is 6.54. The van der Waals surface area contributed by atoms with Crippen LogP contribution >= 0.6 is 0 Å². The first-order chi connectivity index (χ1) is 11.9. The molecule has 7 nitrogen and oxygen atoms in total. The molecule has 0 saturated heterocycles. The van der Waals surface area contributed by atoms with E-state index >= 15 is 0 Å². The Balaban J connectivity index is 1.82. The van der Waals surface area contributed by atoms with Crippen molar-refractivity contribution in [1.29, 1.82) is 0 Å². The maximum atomic E-state index is 12.0. The van der Waals surface area contributed by atoms with Crippen molar-refractivity contribution >= 4 is 17.8 Å². The maximum Gasteiger partial charge on any atom is 0.321 e. The number of para-hydroxylation sites is 1. The second-order valence-corrected chi connectivity index (χ2v) is 6.54. The molecule has 25 heavy (non-hydrogen) atoms. The average Bonchev–Trinajstić information content (AvgIpc) is 2.57. The minimum atomic E-state index is -0.644. The molecule has 0 heterocycles. The molecule has 136 valence electrons. The van der Waals surface area contributed by atoms with E-state index in [0.717, 1.165) is 19.3 Å². The number of primary amides is 1. The zero-order chi connectivity index (χ0) is 18.4. The number of nitrogens with two attached hydrogens (primary N) is 1. The Labute approximate surface area is 147 Å². The van der Waals surface area contributed by atoms with Crippen molar-refractivity contribution in [2.45, 2.75) is 39.2 Å². The molecule has 4 amide bonds. The van der Waals surface area contributed by atoms with E-state index in [-0.39, 0.29) is 24.0 Å². The highest BCUT2D eigenvalue weighted by Crippen LogP contribution is 2.29. The number of ether oxygens (including phenoxy) is 1. The number of nitrogens with one attached hydrogen (secondary N) is 2. The number of urea groups is 1. The normalized spacial score (nSPS) is 22.7. The number of amides is 4. The predicted molar refractivity (Wildman–Crippen MR) is 93.1 cm³/mol. The largest absolute Gasteiger partial charge is 0.483 e. The molecule has 1 fully saturated rings. The first-order valence-corrected chi connectivity index (χ1v) is 8.50. The first-order valence-electron chi connectivity index (χ1n) is 8.50. The molecule has 0 unspecified atom stereocenters. The van der Waals surface area contributed by atoms with Crippen molar-refractivity contribution in [2.75, 3.05) is 6.61 Å². The summed E-state index contributed by atoms with van der Waals surface area (Å²) in [6.07, 6.45) is 3.14. The third-order valence-corrected chi connectivity index (χ3v) is 4.79. The molecule has 1 aliphatic carbocycles. The molecule has 0 bridgehead atoms. The summed E-state index contributed by atoms with van der Waals surface area (Å²) < 4.78 is 5.30. The van der Waals surface area contributed by atoms with E-state index in [4.69, 9.17) is 10.5 Å². The summed E-state index contributed by atoms with van der Waals surface area (Å²) in [5, 5.41) is 5.11. The Morgan fingerprint density at radius 2 is 1.92 bits per heavy atom.